The first-order valence-corrected chi connectivity index (χ1v) is 10.3. The second kappa shape index (κ2) is 19.9. The first-order valence-electron chi connectivity index (χ1n) is 9.13. The van der Waals surface area contributed by atoms with Crippen LogP contribution in [0.1, 0.15) is 26.7 Å². The van der Waals surface area contributed by atoms with Crippen molar-refractivity contribution in [3.63, 3.8) is 0 Å². The van der Waals surface area contributed by atoms with Crippen LogP contribution in [0.3, 0.4) is 0 Å². The minimum Gasteiger partial charge on any atom is -0.379 e. The maximum absolute atomic E-state index is 11.8. The van der Waals surface area contributed by atoms with Gasteiger partial charge < -0.3 is 25.8 Å². The Bertz CT molecular complexity index is 414. The number of nitrogens with one attached hydrogen (secondary N) is 2. The molecule has 7 nitrogen and oxygen atoms in total. The Hall–Kier alpha value is -0.800. The molecule has 27 heavy (non-hydrogen) atoms. The third-order valence-corrected chi connectivity index (χ3v) is 4.61. The van der Waals surface area contributed by atoms with E-state index >= 15 is 0 Å². The Morgan fingerprint density at radius 2 is 1.63 bits per heavy atom. The highest BCUT2D eigenvalue weighted by Gasteiger charge is 2.11. The maximum atomic E-state index is 11.8. The van der Waals surface area contributed by atoms with Crippen molar-refractivity contribution in [3.05, 3.63) is 12.2 Å². The summed E-state index contributed by atoms with van der Waals surface area (Å²) in [5.74, 6) is 1.64. The van der Waals surface area contributed by atoms with E-state index in [9.17, 15) is 9.59 Å². The fraction of sp³-hybridized carbons (Fsp3) is 0.778. The zero-order valence-corrected chi connectivity index (χ0v) is 18.2. The van der Waals surface area contributed by atoms with Crippen LogP contribution in [-0.4, -0.2) is 69.4 Å². The van der Waals surface area contributed by atoms with E-state index in [0.717, 1.165) is 24.3 Å². The quantitative estimate of drug-likeness (QED) is 0.240. The highest BCUT2D eigenvalue weighted by Crippen LogP contribution is 2.07. The maximum Gasteiger partial charge on any atom is 0.246 e. The average molecular weight is 426 g/mol. The molecule has 9 heteroatoms. The number of halogens is 1. The third kappa shape index (κ3) is 18.3. The van der Waals surface area contributed by atoms with Crippen LogP contribution in [0.25, 0.3) is 0 Å². The van der Waals surface area contributed by atoms with Gasteiger partial charge in [0.05, 0.1) is 13.2 Å². The SMILES string of the molecule is C=C(C)C(=O)NCCCOCCOCCCNC(=O)C(C)CSCCN.Cl. The Kier molecular flexibility index (Phi) is 21.0. The van der Waals surface area contributed by atoms with Crippen LogP contribution < -0.4 is 16.4 Å². The van der Waals surface area contributed by atoms with Gasteiger partial charge >= 0.3 is 0 Å². The van der Waals surface area contributed by atoms with Crippen LogP contribution in [0.4, 0.5) is 0 Å². The molecule has 0 aromatic heterocycles. The second-order valence-electron chi connectivity index (χ2n) is 6.02. The van der Waals surface area contributed by atoms with Crippen LogP contribution in [0.5, 0.6) is 0 Å². The molecule has 0 radical (unpaired) electrons. The molecule has 0 saturated heterocycles. The molecule has 0 spiro atoms. The first-order chi connectivity index (χ1) is 12.5. The summed E-state index contributed by atoms with van der Waals surface area (Å²) in [7, 11) is 0. The molecule has 0 aromatic rings. The minimum absolute atomic E-state index is 0. The van der Waals surface area contributed by atoms with Crippen LogP contribution in [0.2, 0.25) is 0 Å². The Balaban J connectivity index is 0. The lowest BCUT2D eigenvalue weighted by atomic mass is 10.2. The molecule has 2 amide bonds. The van der Waals surface area contributed by atoms with Crippen LogP contribution in [0.15, 0.2) is 12.2 Å². The summed E-state index contributed by atoms with van der Waals surface area (Å²) < 4.78 is 10.9. The molecule has 0 saturated carbocycles. The molecule has 0 aliphatic heterocycles. The number of hydrogen-bond acceptors (Lipinski definition) is 6. The van der Waals surface area contributed by atoms with Crippen molar-refractivity contribution in [2.45, 2.75) is 26.7 Å². The Morgan fingerprint density at radius 3 is 2.15 bits per heavy atom. The van der Waals surface area contributed by atoms with Crippen molar-refractivity contribution in [1.29, 1.82) is 0 Å². The molecule has 4 N–H and O–H groups in total. The number of thioether (sulfide) groups is 1. The summed E-state index contributed by atoms with van der Waals surface area (Å²) in [5, 5.41) is 5.66. The third-order valence-electron chi connectivity index (χ3n) is 3.35. The largest absolute Gasteiger partial charge is 0.379 e. The van der Waals surface area contributed by atoms with Crippen molar-refractivity contribution in [2.75, 3.05) is 57.6 Å². The van der Waals surface area contributed by atoms with E-state index in [1.165, 1.54) is 0 Å². The smallest absolute Gasteiger partial charge is 0.246 e. The topological polar surface area (TPSA) is 103 Å². The number of rotatable bonds is 17. The van der Waals surface area contributed by atoms with Crippen LogP contribution in [-0.2, 0) is 19.1 Å². The molecule has 160 valence electrons. The molecule has 0 fully saturated rings. The van der Waals surface area contributed by atoms with E-state index in [0.29, 0.717) is 51.6 Å². The molecule has 1 atom stereocenters. The number of nitrogens with two attached hydrogens (primary N) is 1. The monoisotopic (exact) mass is 425 g/mol. The Labute approximate surface area is 174 Å². The number of hydrogen-bond donors (Lipinski definition) is 3. The normalized spacial score (nSPS) is 11.4. The molecule has 0 aromatic carbocycles. The minimum atomic E-state index is -0.121. The molecule has 0 aliphatic carbocycles. The standard InChI is InChI=1S/C18H35N3O4S.ClH/c1-15(2)17(22)20-7-4-9-24-11-12-25-10-5-8-21-18(23)16(3)14-26-13-6-19;/h16H,1,4-14,19H2,2-3H3,(H,20,22)(H,21,23);1H. The van der Waals surface area contributed by atoms with Crippen LogP contribution in [0, 0.1) is 5.92 Å². The van der Waals surface area contributed by atoms with E-state index in [1.807, 2.05) is 6.92 Å². The zero-order chi connectivity index (χ0) is 19.6. The summed E-state index contributed by atoms with van der Waals surface area (Å²) in [4.78, 5) is 23.1. The van der Waals surface area contributed by atoms with Gasteiger partial charge in [-0.2, -0.15) is 11.8 Å². The molecular weight excluding hydrogens is 390 g/mol. The molecule has 0 heterocycles. The highest BCUT2D eigenvalue weighted by atomic mass is 35.5. The fourth-order valence-corrected chi connectivity index (χ4v) is 2.67. The van der Waals surface area contributed by atoms with E-state index in [-0.39, 0.29) is 30.1 Å². The van der Waals surface area contributed by atoms with E-state index in [4.69, 9.17) is 15.2 Å². The molecule has 0 aliphatic rings. The average Bonchev–Trinajstić information content (AvgIpc) is 2.62. The number of carbonyl (C=O) groups is 2. The van der Waals surface area contributed by atoms with Crippen molar-refractivity contribution in [2.24, 2.45) is 11.7 Å². The number of carbonyl (C=O) groups excluding carboxylic acids is 2. The molecular formula is C18H36ClN3O4S. The van der Waals surface area contributed by atoms with Gasteiger partial charge in [-0.25, -0.2) is 0 Å². The van der Waals surface area contributed by atoms with Gasteiger partial charge in [-0.15, -0.1) is 12.4 Å². The first kappa shape index (κ1) is 28.4. The molecule has 0 bridgehead atoms. The number of ether oxygens (including phenoxy) is 2. The highest BCUT2D eigenvalue weighted by molar-refractivity contribution is 7.99. The van der Waals surface area contributed by atoms with E-state index in [2.05, 4.69) is 17.2 Å². The van der Waals surface area contributed by atoms with Gasteiger partial charge in [-0.3, -0.25) is 9.59 Å². The summed E-state index contributed by atoms with van der Waals surface area (Å²) >= 11 is 1.70. The second-order valence-corrected chi connectivity index (χ2v) is 7.17. The van der Waals surface area contributed by atoms with Gasteiger partial charge in [-0.05, 0) is 19.8 Å². The van der Waals surface area contributed by atoms with Crippen molar-refractivity contribution >= 4 is 36.0 Å². The van der Waals surface area contributed by atoms with Crippen molar-refractivity contribution in [1.82, 2.24) is 10.6 Å². The fourth-order valence-electron chi connectivity index (χ4n) is 1.83. The summed E-state index contributed by atoms with van der Waals surface area (Å²) in [5.41, 5.74) is 5.94. The van der Waals surface area contributed by atoms with Crippen molar-refractivity contribution in [3.8, 4) is 0 Å². The number of amides is 2. The zero-order valence-electron chi connectivity index (χ0n) is 16.6. The van der Waals surface area contributed by atoms with Crippen LogP contribution >= 0.6 is 24.2 Å². The predicted octanol–water partition coefficient (Wildman–Crippen LogP) is 1.36. The predicted molar refractivity (Wildman–Crippen MR) is 114 cm³/mol. The van der Waals surface area contributed by atoms with E-state index < -0.39 is 0 Å². The molecule has 1 unspecified atom stereocenters. The van der Waals surface area contributed by atoms with Crippen molar-refractivity contribution < 1.29 is 19.1 Å². The lowest BCUT2D eigenvalue weighted by Gasteiger charge is -2.12. The van der Waals surface area contributed by atoms with Gasteiger partial charge in [0.1, 0.15) is 0 Å². The lowest BCUT2D eigenvalue weighted by molar-refractivity contribution is -0.123. The van der Waals surface area contributed by atoms with E-state index in [1.54, 1.807) is 18.7 Å². The van der Waals surface area contributed by atoms with Gasteiger partial charge in [0, 0.05) is 55.8 Å². The van der Waals surface area contributed by atoms with Gasteiger partial charge in [0.15, 0.2) is 0 Å². The molecule has 0 rings (SSSR count). The van der Waals surface area contributed by atoms with Gasteiger partial charge in [-0.1, -0.05) is 13.5 Å². The summed E-state index contributed by atoms with van der Waals surface area (Å²) in [6, 6.07) is 0. The Morgan fingerprint density at radius 1 is 1.07 bits per heavy atom. The van der Waals surface area contributed by atoms with Gasteiger partial charge in [0.25, 0.3) is 0 Å². The lowest BCUT2D eigenvalue weighted by Crippen LogP contribution is -2.31. The van der Waals surface area contributed by atoms with Gasteiger partial charge in [0.2, 0.25) is 11.8 Å². The summed E-state index contributed by atoms with van der Waals surface area (Å²) in [6.45, 7) is 11.2. The summed E-state index contributed by atoms with van der Waals surface area (Å²) in [6.07, 6.45) is 1.54.